The maximum absolute atomic E-state index is 12.4. The summed E-state index contributed by atoms with van der Waals surface area (Å²) in [4.78, 5) is 14.7. The summed E-state index contributed by atoms with van der Waals surface area (Å²) in [5.74, 6) is -0.124. The molecule has 0 saturated carbocycles. The maximum atomic E-state index is 12.4. The van der Waals surface area contributed by atoms with Crippen LogP contribution < -0.4 is 11.1 Å². The van der Waals surface area contributed by atoms with Crippen molar-refractivity contribution in [3.63, 3.8) is 0 Å². The Morgan fingerprint density at radius 1 is 1.25 bits per heavy atom. The SMILES string of the molecule is CC(C)C(C(N)=O)(c1ccccc1)N1CCCNCC1. The van der Waals surface area contributed by atoms with E-state index in [2.05, 4.69) is 24.1 Å². The van der Waals surface area contributed by atoms with Gasteiger partial charge in [-0.05, 0) is 24.4 Å². The number of rotatable bonds is 4. The van der Waals surface area contributed by atoms with Crippen LogP contribution in [0.15, 0.2) is 30.3 Å². The molecular formula is C16H25N3O. The van der Waals surface area contributed by atoms with Gasteiger partial charge >= 0.3 is 0 Å². The van der Waals surface area contributed by atoms with E-state index in [1.165, 1.54) is 0 Å². The van der Waals surface area contributed by atoms with Crippen molar-refractivity contribution in [3.05, 3.63) is 35.9 Å². The first-order valence-corrected chi connectivity index (χ1v) is 7.41. The molecule has 2 rings (SSSR count). The molecule has 3 N–H and O–H groups in total. The molecule has 0 radical (unpaired) electrons. The van der Waals surface area contributed by atoms with Crippen molar-refractivity contribution in [2.24, 2.45) is 11.7 Å². The van der Waals surface area contributed by atoms with Gasteiger partial charge in [0.05, 0.1) is 0 Å². The zero-order valence-electron chi connectivity index (χ0n) is 12.4. The summed E-state index contributed by atoms with van der Waals surface area (Å²) in [6, 6.07) is 9.96. The molecule has 1 aliphatic heterocycles. The predicted octanol–water partition coefficient (Wildman–Crippen LogP) is 1.32. The largest absolute Gasteiger partial charge is 0.368 e. The van der Waals surface area contributed by atoms with Crippen LogP contribution in [0.4, 0.5) is 0 Å². The monoisotopic (exact) mass is 275 g/mol. The van der Waals surface area contributed by atoms with Gasteiger partial charge in [0.2, 0.25) is 5.91 Å². The molecule has 1 aromatic carbocycles. The van der Waals surface area contributed by atoms with E-state index in [0.29, 0.717) is 0 Å². The number of hydrogen-bond donors (Lipinski definition) is 2. The van der Waals surface area contributed by atoms with Crippen molar-refractivity contribution in [2.45, 2.75) is 25.8 Å². The topological polar surface area (TPSA) is 58.4 Å². The van der Waals surface area contributed by atoms with E-state index in [-0.39, 0.29) is 11.8 Å². The average Bonchev–Trinajstić information content (AvgIpc) is 2.69. The fourth-order valence-corrected chi connectivity index (χ4v) is 3.35. The second kappa shape index (κ2) is 6.37. The summed E-state index contributed by atoms with van der Waals surface area (Å²) in [5.41, 5.74) is 6.17. The highest BCUT2D eigenvalue weighted by Gasteiger charge is 2.46. The maximum Gasteiger partial charge on any atom is 0.242 e. The third-order valence-corrected chi connectivity index (χ3v) is 4.26. The second-order valence-corrected chi connectivity index (χ2v) is 5.74. The van der Waals surface area contributed by atoms with Gasteiger partial charge in [0, 0.05) is 19.6 Å². The van der Waals surface area contributed by atoms with Gasteiger partial charge in [0.25, 0.3) is 0 Å². The highest BCUT2D eigenvalue weighted by Crippen LogP contribution is 2.36. The minimum atomic E-state index is -0.715. The third kappa shape index (κ3) is 2.58. The number of benzene rings is 1. The molecule has 20 heavy (non-hydrogen) atoms. The molecule has 1 heterocycles. The Bertz CT molecular complexity index is 438. The number of carbonyl (C=O) groups excluding carboxylic acids is 1. The predicted molar refractivity (Wildman–Crippen MR) is 81.2 cm³/mol. The Morgan fingerprint density at radius 2 is 1.95 bits per heavy atom. The fraction of sp³-hybridized carbons (Fsp3) is 0.562. The Morgan fingerprint density at radius 3 is 2.55 bits per heavy atom. The molecule has 110 valence electrons. The molecule has 4 nitrogen and oxygen atoms in total. The minimum Gasteiger partial charge on any atom is -0.368 e. The number of nitrogens with two attached hydrogens (primary N) is 1. The number of nitrogens with zero attached hydrogens (tertiary/aromatic N) is 1. The van der Waals surface area contributed by atoms with Gasteiger partial charge < -0.3 is 11.1 Å². The number of primary amides is 1. The number of hydrogen-bond acceptors (Lipinski definition) is 3. The van der Waals surface area contributed by atoms with E-state index in [0.717, 1.165) is 38.2 Å². The van der Waals surface area contributed by atoms with Crippen molar-refractivity contribution in [3.8, 4) is 0 Å². The molecule has 0 spiro atoms. The molecule has 0 bridgehead atoms. The van der Waals surface area contributed by atoms with Crippen LogP contribution in [-0.4, -0.2) is 37.0 Å². The summed E-state index contributed by atoms with van der Waals surface area (Å²) >= 11 is 0. The molecule has 1 aliphatic rings. The normalized spacial score (nSPS) is 20.4. The Labute approximate surface area is 121 Å². The van der Waals surface area contributed by atoms with E-state index in [1.807, 2.05) is 30.3 Å². The van der Waals surface area contributed by atoms with E-state index < -0.39 is 5.54 Å². The molecule has 1 fully saturated rings. The first-order chi connectivity index (χ1) is 9.60. The van der Waals surface area contributed by atoms with Crippen molar-refractivity contribution in [1.82, 2.24) is 10.2 Å². The summed E-state index contributed by atoms with van der Waals surface area (Å²) < 4.78 is 0. The van der Waals surface area contributed by atoms with Crippen molar-refractivity contribution in [1.29, 1.82) is 0 Å². The van der Waals surface area contributed by atoms with Crippen LogP contribution in [0.1, 0.15) is 25.8 Å². The lowest BCUT2D eigenvalue weighted by molar-refractivity contribution is -0.134. The number of nitrogens with one attached hydrogen (secondary N) is 1. The molecular weight excluding hydrogens is 250 g/mol. The summed E-state index contributed by atoms with van der Waals surface area (Å²) in [6.07, 6.45) is 1.04. The molecule has 1 saturated heterocycles. The van der Waals surface area contributed by atoms with Gasteiger partial charge in [-0.15, -0.1) is 0 Å². The highest BCUT2D eigenvalue weighted by molar-refractivity contribution is 5.86. The van der Waals surface area contributed by atoms with Gasteiger partial charge in [-0.25, -0.2) is 0 Å². The minimum absolute atomic E-state index is 0.125. The van der Waals surface area contributed by atoms with Gasteiger partial charge in [0.15, 0.2) is 0 Å². The number of carbonyl (C=O) groups is 1. The third-order valence-electron chi connectivity index (χ3n) is 4.26. The van der Waals surface area contributed by atoms with Crippen LogP contribution >= 0.6 is 0 Å². The van der Waals surface area contributed by atoms with Crippen LogP contribution in [0.25, 0.3) is 0 Å². The highest BCUT2D eigenvalue weighted by atomic mass is 16.1. The molecule has 1 atom stereocenters. The first kappa shape index (κ1) is 15.0. The van der Waals surface area contributed by atoms with Gasteiger partial charge in [0.1, 0.15) is 5.54 Å². The van der Waals surface area contributed by atoms with Crippen LogP contribution in [0.3, 0.4) is 0 Å². The zero-order chi connectivity index (χ0) is 14.6. The van der Waals surface area contributed by atoms with E-state index in [9.17, 15) is 4.79 Å². The second-order valence-electron chi connectivity index (χ2n) is 5.74. The van der Waals surface area contributed by atoms with Crippen molar-refractivity contribution >= 4 is 5.91 Å². The van der Waals surface area contributed by atoms with Crippen LogP contribution in [-0.2, 0) is 10.3 Å². The van der Waals surface area contributed by atoms with Crippen LogP contribution in [0.5, 0.6) is 0 Å². The molecule has 0 aliphatic carbocycles. The van der Waals surface area contributed by atoms with Crippen LogP contribution in [0.2, 0.25) is 0 Å². The van der Waals surface area contributed by atoms with E-state index >= 15 is 0 Å². The van der Waals surface area contributed by atoms with Gasteiger partial charge in [-0.2, -0.15) is 0 Å². The Kier molecular flexibility index (Phi) is 4.78. The fourth-order valence-electron chi connectivity index (χ4n) is 3.35. The zero-order valence-corrected chi connectivity index (χ0v) is 12.4. The van der Waals surface area contributed by atoms with Gasteiger partial charge in [-0.3, -0.25) is 9.69 Å². The quantitative estimate of drug-likeness (QED) is 0.871. The molecule has 1 unspecified atom stereocenters. The molecule has 1 amide bonds. The molecule has 1 aromatic rings. The first-order valence-electron chi connectivity index (χ1n) is 7.41. The lowest BCUT2D eigenvalue weighted by Crippen LogP contribution is -2.59. The van der Waals surface area contributed by atoms with Gasteiger partial charge in [-0.1, -0.05) is 44.2 Å². The Balaban J connectivity index is 2.49. The number of amides is 1. The standard InChI is InChI=1S/C16H25N3O/c1-13(2)16(15(17)20,14-7-4-3-5-8-14)19-11-6-9-18-10-12-19/h3-5,7-8,13,18H,6,9-12H2,1-2H3,(H2,17,20). The van der Waals surface area contributed by atoms with Crippen molar-refractivity contribution in [2.75, 3.05) is 26.2 Å². The summed E-state index contributed by atoms with van der Waals surface area (Å²) in [7, 11) is 0. The lowest BCUT2D eigenvalue weighted by Gasteiger charge is -2.44. The average molecular weight is 275 g/mol. The summed E-state index contributed by atoms with van der Waals surface area (Å²) in [5, 5.41) is 3.38. The van der Waals surface area contributed by atoms with E-state index in [1.54, 1.807) is 0 Å². The molecule has 0 aromatic heterocycles. The van der Waals surface area contributed by atoms with Crippen LogP contribution in [0, 0.1) is 5.92 Å². The lowest BCUT2D eigenvalue weighted by atomic mass is 9.77. The Hall–Kier alpha value is -1.39. The smallest absolute Gasteiger partial charge is 0.242 e. The van der Waals surface area contributed by atoms with E-state index in [4.69, 9.17) is 5.73 Å². The summed E-state index contributed by atoms with van der Waals surface area (Å²) in [6.45, 7) is 7.79. The van der Waals surface area contributed by atoms with Crippen molar-refractivity contribution < 1.29 is 4.79 Å². The molecule has 4 heteroatoms.